The summed E-state index contributed by atoms with van der Waals surface area (Å²) >= 11 is 6.40. The lowest BCUT2D eigenvalue weighted by atomic mass is 9.79. The molecule has 1 rings (SSSR count). The summed E-state index contributed by atoms with van der Waals surface area (Å²) in [4.78, 5) is 0. The second-order valence-electron chi connectivity index (χ2n) is 6.20. The van der Waals surface area contributed by atoms with Gasteiger partial charge in [-0.25, -0.2) is 4.39 Å². The Bertz CT molecular complexity index is 455. The Balaban J connectivity index is 3.01. The van der Waals surface area contributed by atoms with Gasteiger partial charge in [0.25, 0.3) is 0 Å². The van der Waals surface area contributed by atoms with Crippen LogP contribution in [0.15, 0.2) is 12.1 Å². The van der Waals surface area contributed by atoms with E-state index in [4.69, 9.17) is 21.1 Å². The van der Waals surface area contributed by atoms with Crippen LogP contribution < -0.4 is 9.47 Å². The third-order valence-corrected chi connectivity index (χ3v) is 4.29. The van der Waals surface area contributed by atoms with Crippen molar-refractivity contribution in [1.82, 2.24) is 0 Å². The van der Waals surface area contributed by atoms with Gasteiger partial charge in [0.1, 0.15) is 5.82 Å². The molecular weight excluding hydrogens is 279 g/mol. The molecule has 0 spiro atoms. The van der Waals surface area contributed by atoms with Gasteiger partial charge in [-0.3, -0.25) is 0 Å². The van der Waals surface area contributed by atoms with Crippen molar-refractivity contribution in [2.24, 2.45) is 11.3 Å². The normalized spacial score (nSPS) is 14.8. The van der Waals surface area contributed by atoms with E-state index in [-0.39, 0.29) is 16.6 Å². The van der Waals surface area contributed by atoms with E-state index in [2.05, 4.69) is 27.7 Å². The van der Waals surface area contributed by atoms with Crippen LogP contribution in [-0.4, -0.2) is 14.2 Å². The first-order chi connectivity index (χ1) is 9.20. The standard InChI is InChI=1S/C16H24ClFO2/c1-10(16(2,3)4)7-12(17)11-8-14(19-5)15(20-6)9-13(11)18/h8-10,12H,7H2,1-6H3. The van der Waals surface area contributed by atoms with Crippen molar-refractivity contribution in [2.75, 3.05) is 14.2 Å². The summed E-state index contributed by atoms with van der Waals surface area (Å²) in [7, 11) is 3.01. The van der Waals surface area contributed by atoms with Gasteiger partial charge in [0.15, 0.2) is 11.5 Å². The number of alkyl halides is 1. The first kappa shape index (κ1) is 17.1. The van der Waals surface area contributed by atoms with E-state index >= 15 is 0 Å². The molecule has 2 nitrogen and oxygen atoms in total. The SMILES string of the molecule is COc1cc(F)c(C(Cl)CC(C)C(C)(C)C)cc1OC. The third-order valence-electron chi connectivity index (χ3n) is 3.88. The molecule has 0 aliphatic carbocycles. The topological polar surface area (TPSA) is 18.5 Å². The molecule has 4 heteroatoms. The minimum atomic E-state index is -0.385. The van der Waals surface area contributed by atoms with Crippen LogP contribution in [-0.2, 0) is 0 Å². The molecule has 0 heterocycles. The predicted octanol–water partition coefficient (Wildman–Crippen LogP) is 5.20. The molecule has 2 atom stereocenters. The van der Waals surface area contributed by atoms with Gasteiger partial charge in [-0.15, -0.1) is 11.6 Å². The maximum absolute atomic E-state index is 14.1. The molecule has 0 N–H and O–H groups in total. The van der Waals surface area contributed by atoms with Crippen LogP contribution in [0, 0.1) is 17.2 Å². The molecular formula is C16H24ClFO2. The average Bonchev–Trinajstić information content (AvgIpc) is 2.36. The quantitative estimate of drug-likeness (QED) is 0.696. The zero-order valence-corrected chi connectivity index (χ0v) is 13.8. The summed E-state index contributed by atoms with van der Waals surface area (Å²) in [6.07, 6.45) is 0.706. The Hall–Kier alpha value is -0.960. The lowest BCUT2D eigenvalue weighted by molar-refractivity contribution is 0.244. The average molecular weight is 303 g/mol. The minimum absolute atomic E-state index is 0.139. The van der Waals surface area contributed by atoms with E-state index in [0.29, 0.717) is 29.4 Å². The summed E-state index contributed by atoms with van der Waals surface area (Å²) < 4.78 is 24.4. The summed E-state index contributed by atoms with van der Waals surface area (Å²) in [6, 6.07) is 2.95. The van der Waals surface area contributed by atoms with Crippen molar-refractivity contribution >= 4 is 11.6 Å². The van der Waals surface area contributed by atoms with Crippen molar-refractivity contribution in [3.05, 3.63) is 23.5 Å². The molecule has 0 amide bonds. The molecule has 0 bridgehead atoms. The molecule has 0 radical (unpaired) electrons. The van der Waals surface area contributed by atoms with E-state index in [9.17, 15) is 4.39 Å². The third kappa shape index (κ3) is 4.02. The predicted molar refractivity (Wildman–Crippen MR) is 81.3 cm³/mol. The van der Waals surface area contributed by atoms with E-state index in [1.807, 2.05) is 0 Å². The Morgan fingerprint density at radius 1 is 1.15 bits per heavy atom. The van der Waals surface area contributed by atoms with Gasteiger partial charge in [0.05, 0.1) is 19.6 Å². The van der Waals surface area contributed by atoms with Crippen LogP contribution in [0.25, 0.3) is 0 Å². The first-order valence-electron chi connectivity index (χ1n) is 6.76. The highest BCUT2D eigenvalue weighted by atomic mass is 35.5. The minimum Gasteiger partial charge on any atom is -0.493 e. The van der Waals surface area contributed by atoms with Gasteiger partial charge in [-0.1, -0.05) is 27.7 Å². The lowest BCUT2D eigenvalue weighted by Crippen LogP contribution is -2.19. The van der Waals surface area contributed by atoms with Gasteiger partial charge in [0.2, 0.25) is 0 Å². The van der Waals surface area contributed by atoms with Crippen LogP contribution in [0.2, 0.25) is 0 Å². The van der Waals surface area contributed by atoms with Crippen molar-refractivity contribution in [3.63, 3.8) is 0 Å². The zero-order chi connectivity index (χ0) is 15.5. The number of hydrogen-bond donors (Lipinski definition) is 0. The highest BCUT2D eigenvalue weighted by Gasteiger charge is 2.25. The number of hydrogen-bond acceptors (Lipinski definition) is 2. The second kappa shape index (κ2) is 6.66. The van der Waals surface area contributed by atoms with Crippen LogP contribution in [0.1, 0.15) is 45.1 Å². The molecule has 0 aliphatic rings. The van der Waals surface area contributed by atoms with Crippen LogP contribution >= 0.6 is 11.6 Å². The molecule has 0 aliphatic heterocycles. The maximum atomic E-state index is 14.1. The molecule has 0 fully saturated rings. The highest BCUT2D eigenvalue weighted by molar-refractivity contribution is 6.20. The fourth-order valence-electron chi connectivity index (χ4n) is 1.90. The van der Waals surface area contributed by atoms with E-state index in [0.717, 1.165) is 0 Å². The molecule has 0 aromatic heterocycles. The van der Waals surface area contributed by atoms with E-state index < -0.39 is 0 Å². The highest BCUT2D eigenvalue weighted by Crippen LogP contribution is 2.40. The van der Waals surface area contributed by atoms with Gasteiger partial charge in [0, 0.05) is 11.6 Å². The monoisotopic (exact) mass is 302 g/mol. The van der Waals surface area contributed by atoms with Crippen molar-refractivity contribution in [3.8, 4) is 11.5 Å². The molecule has 20 heavy (non-hydrogen) atoms. The van der Waals surface area contributed by atoms with Gasteiger partial charge in [-0.2, -0.15) is 0 Å². The molecule has 0 saturated heterocycles. The number of methoxy groups -OCH3 is 2. The first-order valence-corrected chi connectivity index (χ1v) is 7.19. The van der Waals surface area contributed by atoms with E-state index in [1.54, 1.807) is 6.07 Å². The van der Waals surface area contributed by atoms with Crippen LogP contribution in [0.5, 0.6) is 11.5 Å². The van der Waals surface area contributed by atoms with Gasteiger partial charge < -0.3 is 9.47 Å². The summed E-state index contributed by atoms with van der Waals surface area (Å²) in [6.45, 7) is 8.61. The summed E-state index contributed by atoms with van der Waals surface area (Å²) in [5.74, 6) is 0.890. The molecule has 1 aromatic carbocycles. The summed E-state index contributed by atoms with van der Waals surface area (Å²) in [5, 5.41) is -0.385. The Morgan fingerprint density at radius 3 is 2.10 bits per heavy atom. The van der Waals surface area contributed by atoms with Crippen molar-refractivity contribution in [1.29, 1.82) is 0 Å². The molecule has 2 unspecified atom stereocenters. The summed E-state index contributed by atoms with van der Waals surface area (Å²) in [5.41, 5.74) is 0.598. The number of benzene rings is 1. The van der Waals surface area contributed by atoms with Crippen LogP contribution in [0.4, 0.5) is 4.39 Å². The zero-order valence-electron chi connectivity index (χ0n) is 13.1. The Kier molecular flexibility index (Phi) is 5.69. The molecule has 1 aromatic rings. The van der Waals surface area contributed by atoms with Gasteiger partial charge in [-0.05, 0) is 23.8 Å². The molecule has 114 valence electrons. The van der Waals surface area contributed by atoms with Crippen molar-refractivity contribution in [2.45, 2.75) is 39.5 Å². The Morgan fingerprint density at radius 2 is 1.65 bits per heavy atom. The number of ether oxygens (including phenoxy) is 2. The number of rotatable bonds is 5. The fourth-order valence-corrected chi connectivity index (χ4v) is 2.34. The maximum Gasteiger partial charge on any atom is 0.163 e. The van der Waals surface area contributed by atoms with E-state index in [1.165, 1.54) is 20.3 Å². The fraction of sp³-hybridized carbons (Fsp3) is 0.625. The lowest BCUT2D eigenvalue weighted by Gasteiger charge is -2.29. The smallest absolute Gasteiger partial charge is 0.163 e. The van der Waals surface area contributed by atoms with Gasteiger partial charge >= 0.3 is 0 Å². The Labute approximate surface area is 126 Å². The number of halogens is 2. The van der Waals surface area contributed by atoms with Crippen molar-refractivity contribution < 1.29 is 13.9 Å². The van der Waals surface area contributed by atoms with Crippen LogP contribution in [0.3, 0.4) is 0 Å². The second-order valence-corrected chi connectivity index (χ2v) is 6.73. The largest absolute Gasteiger partial charge is 0.493 e. The molecule has 0 saturated carbocycles.